The Balaban J connectivity index is 1.33. The van der Waals surface area contributed by atoms with Gasteiger partial charge in [0.1, 0.15) is 18.1 Å². The number of pyridine rings is 1. The zero-order chi connectivity index (χ0) is 25.7. The number of hydrogen-bond acceptors (Lipinski definition) is 7. The van der Waals surface area contributed by atoms with E-state index < -0.39 is 0 Å². The van der Waals surface area contributed by atoms with Crippen molar-refractivity contribution >= 4 is 5.91 Å². The lowest BCUT2D eigenvalue weighted by Crippen LogP contribution is -2.45. The third kappa shape index (κ3) is 5.52. The van der Waals surface area contributed by atoms with Gasteiger partial charge in [-0.25, -0.2) is 0 Å². The Kier molecular flexibility index (Phi) is 7.91. The maximum absolute atomic E-state index is 13.3. The van der Waals surface area contributed by atoms with Crippen molar-refractivity contribution in [1.29, 1.82) is 5.26 Å². The molecular weight excluding hydrogens is 456 g/mol. The Morgan fingerprint density at radius 3 is 2.78 bits per heavy atom. The topological polar surface area (TPSA) is 91.8 Å². The van der Waals surface area contributed by atoms with Crippen LogP contribution < -0.4 is 9.47 Å². The van der Waals surface area contributed by atoms with Crippen LogP contribution in [0.15, 0.2) is 47.2 Å². The monoisotopic (exact) mass is 488 g/mol. The number of rotatable bonds is 8. The Hall–Kier alpha value is -3.83. The average Bonchev–Trinajstić information content (AvgIpc) is 3.38. The van der Waals surface area contributed by atoms with Gasteiger partial charge in [-0.2, -0.15) is 5.26 Å². The van der Waals surface area contributed by atoms with Crippen molar-refractivity contribution in [2.75, 3.05) is 27.2 Å². The van der Waals surface area contributed by atoms with Gasteiger partial charge in [0.25, 0.3) is 5.91 Å². The van der Waals surface area contributed by atoms with Crippen LogP contribution in [0.5, 0.6) is 11.5 Å². The molecule has 1 fully saturated rings. The highest BCUT2D eigenvalue weighted by Crippen LogP contribution is 2.27. The highest BCUT2D eigenvalue weighted by Gasteiger charge is 2.29. The molecule has 0 radical (unpaired) electrons. The Labute approximate surface area is 212 Å². The SMILES string of the molecule is COc1c(C)cnc(CN2CCC(N(C)C(=O)c3occc3COc3cccc(C#N)c3)CC2)c1C. The van der Waals surface area contributed by atoms with Crippen LogP contribution >= 0.6 is 0 Å². The molecule has 8 heteroatoms. The molecule has 0 aliphatic carbocycles. The molecule has 0 atom stereocenters. The molecular formula is C28H32N4O4. The van der Waals surface area contributed by atoms with Crippen LogP contribution in [0, 0.1) is 25.2 Å². The van der Waals surface area contributed by atoms with Gasteiger partial charge in [0.2, 0.25) is 0 Å². The quantitative estimate of drug-likeness (QED) is 0.461. The fourth-order valence-electron chi connectivity index (χ4n) is 4.69. The average molecular weight is 489 g/mol. The molecule has 3 aromatic rings. The van der Waals surface area contributed by atoms with E-state index in [1.165, 1.54) is 6.26 Å². The number of ether oxygens (including phenoxy) is 2. The van der Waals surface area contributed by atoms with Crippen molar-refractivity contribution in [3.05, 3.63) is 76.5 Å². The van der Waals surface area contributed by atoms with Crippen LogP contribution in [0.1, 0.15) is 51.3 Å². The molecule has 2 aromatic heterocycles. The number of carbonyl (C=O) groups is 1. The van der Waals surface area contributed by atoms with E-state index in [-0.39, 0.29) is 18.6 Å². The van der Waals surface area contributed by atoms with Crippen LogP contribution in [0.3, 0.4) is 0 Å². The molecule has 0 N–H and O–H groups in total. The maximum atomic E-state index is 13.3. The van der Waals surface area contributed by atoms with E-state index in [9.17, 15) is 4.79 Å². The molecule has 3 heterocycles. The van der Waals surface area contributed by atoms with E-state index in [0.717, 1.165) is 55.0 Å². The normalized spacial score (nSPS) is 14.3. The summed E-state index contributed by atoms with van der Waals surface area (Å²) in [6, 6.07) is 10.9. The van der Waals surface area contributed by atoms with Crippen LogP contribution in [0.4, 0.5) is 0 Å². The van der Waals surface area contributed by atoms with Crippen LogP contribution in [0.2, 0.25) is 0 Å². The van der Waals surface area contributed by atoms with Crippen LogP contribution in [-0.2, 0) is 13.2 Å². The molecule has 1 aromatic carbocycles. The van der Waals surface area contributed by atoms with E-state index >= 15 is 0 Å². The minimum Gasteiger partial charge on any atom is -0.496 e. The lowest BCUT2D eigenvalue weighted by molar-refractivity contribution is 0.0601. The summed E-state index contributed by atoms with van der Waals surface area (Å²) >= 11 is 0. The van der Waals surface area contributed by atoms with Gasteiger partial charge in [0.15, 0.2) is 5.76 Å². The summed E-state index contributed by atoms with van der Waals surface area (Å²) in [5, 5.41) is 9.07. The van der Waals surface area contributed by atoms with Gasteiger partial charge < -0.3 is 18.8 Å². The molecule has 1 aliphatic heterocycles. The number of benzene rings is 1. The number of nitriles is 1. The third-order valence-corrected chi connectivity index (χ3v) is 6.85. The number of furan rings is 1. The Morgan fingerprint density at radius 2 is 2.06 bits per heavy atom. The van der Waals surface area contributed by atoms with Crippen molar-refractivity contribution in [3.8, 4) is 17.6 Å². The van der Waals surface area contributed by atoms with Crippen molar-refractivity contribution in [3.63, 3.8) is 0 Å². The summed E-state index contributed by atoms with van der Waals surface area (Å²) < 4.78 is 16.9. The zero-order valence-corrected chi connectivity index (χ0v) is 21.3. The summed E-state index contributed by atoms with van der Waals surface area (Å²) in [5.41, 5.74) is 4.35. The highest BCUT2D eigenvalue weighted by molar-refractivity contribution is 5.93. The summed E-state index contributed by atoms with van der Waals surface area (Å²) in [5.74, 6) is 1.62. The minimum absolute atomic E-state index is 0.126. The van der Waals surface area contributed by atoms with Gasteiger partial charge in [0, 0.05) is 55.6 Å². The molecule has 0 saturated carbocycles. The van der Waals surface area contributed by atoms with Crippen LogP contribution in [-0.4, -0.2) is 54.0 Å². The predicted molar refractivity (Wildman–Crippen MR) is 135 cm³/mol. The molecule has 0 spiro atoms. The van der Waals surface area contributed by atoms with Crippen LogP contribution in [0.25, 0.3) is 0 Å². The van der Waals surface area contributed by atoms with E-state index in [1.807, 2.05) is 20.2 Å². The minimum atomic E-state index is -0.149. The standard InChI is InChI=1S/C28H32N4O4/c1-19-16-30-25(20(2)26(19)34-4)17-32-11-8-23(9-12-32)31(3)28(33)27-22(10-13-35-27)18-36-24-7-5-6-21(14-24)15-29/h5-7,10,13-14,16,23H,8-9,11-12,17-18H2,1-4H3. The summed E-state index contributed by atoms with van der Waals surface area (Å²) in [7, 11) is 3.53. The Bertz CT molecular complexity index is 1250. The molecule has 8 nitrogen and oxygen atoms in total. The molecule has 188 valence electrons. The van der Waals surface area contributed by atoms with E-state index in [4.69, 9.17) is 19.2 Å². The number of likely N-dealkylation sites (tertiary alicyclic amines) is 1. The smallest absolute Gasteiger partial charge is 0.289 e. The largest absolute Gasteiger partial charge is 0.496 e. The van der Waals surface area contributed by atoms with Gasteiger partial charge in [0.05, 0.1) is 30.7 Å². The third-order valence-electron chi connectivity index (χ3n) is 6.85. The Morgan fingerprint density at radius 1 is 1.28 bits per heavy atom. The fourth-order valence-corrected chi connectivity index (χ4v) is 4.69. The van der Waals surface area contributed by atoms with Gasteiger partial charge in [-0.15, -0.1) is 0 Å². The molecule has 36 heavy (non-hydrogen) atoms. The second-order valence-corrected chi connectivity index (χ2v) is 9.17. The first-order chi connectivity index (χ1) is 17.4. The van der Waals surface area contributed by atoms with Gasteiger partial charge in [-0.3, -0.25) is 14.7 Å². The fraction of sp³-hybridized carbons (Fsp3) is 0.393. The number of methoxy groups -OCH3 is 1. The lowest BCUT2D eigenvalue weighted by Gasteiger charge is -2.36. The molecule has 1 saturated heterocycles. The van der Waals surface area contributed by atoms with E-state index in [0.29, 0.717) is 22.6 Å². The number of aryl methyl sites for hydroxylation is 1. The number of aromatic nitrogens is 1. The van der Waals surface area contributed by atoms with Crippen molar-refractivity contribution in [2.45, 2.75) is 45.9 Å². The molecule has 1 aliphatic rings. The second-order valence-electron chi connectivity index (χ2n) is 9.17. The first kappa shape index (κ1) is 25.3. The zero-order valence-electron chi connectivity index (χ0n) is 21.3. The second kappa shape index (κ2) is 11.3. The molecule has 0 unspecified atom stereocenters. The number of hydrogen-bond donors (Lipinski definition) is 0. The number of carbonyl (C=O) groups excluding carboxylic acids is 1. The number of nitrogens with zero attached hydrogens (tertiary/aromatic N) is 4. The lowest BCUT2D eigenvalue weighted by atomic mass is 10.0. The van der Waals surface area contributed by atoms with E-state index in [1.54, 1.807) is 42.3 Å². The molecule has 1 amide bonds. The van der Waals surface area contributed by atoms with Crippen molar-refractivity contribution < 1.29 is 18.7 Å². The van der Waals surface area contributed by atoms with Gasteiger partial charge in [-0.05, 0) is 51.0 Å². The molecule has 4 rings (SSSR count). The summed E-state index contributed by atoms with van der Waals surface area (Å²) in [6.07, 6.45) is 5.13. The summed E-state index contributed by atoms with van der Waals surface area (Å²) in [6.45, 7) is 6.76. The maximum Gasteiger partial charge on any atom is 0.289 e. The number of piperidine rings is 1. The summed E-state index contributed by atoms with van der Waals surface area (Å²) in [4.78, 5) is 22.0. The number of amides is 1. The first-order valence-electron chi connectivity index (χ1n) is 12.1. The van der Waals surface area contributed by atoms with E-state index in [2.05, 4.69) is 22.9 Å². The molecule has 0 bridgehead atoms. The van der Waals surface area contributed by atoms with Gasteiger partial charge >= 0.3 is 0 Å². The first-order valence-corrected chi connectivity index (χ1v) is 12.1. The predicted octanol–water partition coefficient (Wildman–Crippen LogP) is 4.49. The van der Waals surface area contributed by atoms with Crippen molar-refractivity contribution in [1.82, 2.24) is 14.8 Å². The highest BCUT2D eigenvalue weighted by atomic mass is 16.5. The van der Waals surface area contributed by atoms with Crippen molar-refractivity contribution in [2.24, 2.45) is 0 Å². The van der Waals surface area contributed by atoms with Gasteiger partial charge in [-0.1, -0.05) is 6.07 Å².